The predicted molar refractivity (Wildman–Crippen MR) is 91.7 cm³/mol. The second-order valence-corrected chi connectivity index (χ2v) is 6.46. The van der Waals surface area contributed by atoms with Gasteiger partial charge >= 0.3 is 6.03 Å². The van der Waals surface area contributed by atoms with Crippen LogP contribution >= 0.6 is 0 Å². The molecule has 25 heavy (non-hydrogen) atoms. The van der Waals surface area contributed by atoms with Crippen molar-refractivity contribution in [3.63, 3.8) is 0 Å². The van der Waals surface area contributed by atoms with Gasteiger partial charge in [0.05, 0.1) is 7.11 Å². The van der Waals surface area contributed by atoms with Gasteiger partial charge in [-0.15, -0.1) is 5.92 Å². The molecular weight excluding hydrogens is 344 g/mol. The van der Waals surface area contributed by atoms with Crippen LogP contribution in [-0.2, 0) is 10.0 Å². The van der Waals surface area contributed by atoms with Crippen molar-refractivity contribution in [2.24, 2.45) is 0 Å². The number of aryl methyl sites for hydroxylation is 1. The Morgan fingerprint density at radius 1 is 1.24 bits per heavy atom. The first-order valence-corrected chi connectivity index (χ1v) is 8.59. The molecule has 0 fully saturated rings. The molecule has 8 nitrogen and oxygen atoms in total. The van der Waals surface area contributed by atoms with Gasteiger partial charge in [-0.25, -0.2) is 22.9 Å². The van der Waals surface area contributed by atoms with Crippen molar-refractivity contribution in [1.29, 1.82) is 0 Å². The highest BCUT2D eigenvalue weighted by Crippen LogP contribution is 2.15. The van der Waals surface area contributed by atoms with Gasteiger partial charge in [-0.3, -0.25) is 5.32 Å². The number of aromatic nitrogens is 2. The van der Waals surface area contributed by atoms with E-state index < -0.39 is 16.1 Å². The van der Waals surface area contributed by atoms with Gasteiger partial charge in [0.2, 0.25) is 11.8 Å². The van der Waals surface area contributed by atoms with Gasteiger partial charge in [-0.1, -0.05) is 18.1 Å². The Labute approximate surface area is 145 Å². The number of methoxy groups -OCH3 is 1. The summed E-state index contributed by atoms with van der Waals surface area (Å²) in [6.45, 7) is 3.27. The molecule has 1 aromatic heterocycles. The Morgan fingerprint density at radius 3 is 2.64 bits per heavy atom. The van der Waals surface area contributed by atoms with E-state index in [-0.39, 0.29) is 16.7 Å². The summed E-state index contributed by atoms with van der Waals surface area (Å²) in [7, 11) is -2.69. The third-order valence-electron chi connectivity index (χ3n) is 2.93. The molecule has 1 heterocycles. The Kier molecular flexibility index (Phi) is 5.56. The van der Waals surface area contributed by atoms with Gasteiger partial charge in [0.25, 0.3) is 10.0 Å². The quantitative estimate of drug-likeness (QED) is 0.803. The monoisotopic (exact) mass is 360 g/mol. The zero-order chi connectivity index (χ0) is 18.4. The summed E-state index contributed by atoms with van der Waals surface area (Å²) in [6.07, 6.45) is 0. The lowest BCUT2D eigenvalue weighted by Crippen LogP contribution is -2.35. The fourth-order valence-corrected chi connectivity index (χ4v) is 3.01. The lowest BCUT2D eigenvalue weighted by molar-refractivity contribution is 0.256. The average Bonchev–Trinajstić information content (AvgIpc) is 2.54. The number of hydrogen-bond donors (Lipinski definition) is 2. The number of rotatable bonds is 4. The summed E-state index contributed by atoms with van der Waals surface area (Å²) in [6, 6.07) is 6.69. The molecule has 0 aliphatic rings. The maximum Gasteiger partial charge on any atom is 0.335 e. The molecule has 0 radical (unpaired) electrons. The maximum atomic E-state index is 12.4. The van der Waals surface area contributed by atoms with Gasteiger partial charge < -0.3 is 4.74 Å². The topological polar surface area (TPSA) is 110 Å². The van der Waals surface area contributed by atoms with E-state index in [1.807, 2.05) is 4.72 Å². The lowest BCUT2D eigenvalue weighted by Gasteiger charge is -2.10. The van der Waals surface area contributed by atoms with E-state index in [4.69, 9.17) is 4.74 Å². The van der Waals surface area contributed by atoms with Crippen molar-refractivity contribution in [3.05, 3.63) is 41.6 Å². The molecule has 2 rings (SSSR count). The summed E-state index contributed by atoms with van der Waals surface area (Å²) < 4.78 is 31.7. The Morgan fingerprint density at radius 2 is 1.96 bits per heavy atom. The number of sulfonamides is 1. The number of benzene rings is 1. The van der Waals surface area contributed by atoms with Crippen LogP contribution in [0.1, 0.15) is 18.2 Å². The van der Waals surface area contributed by atoms with Crippen molar-refractivity contribution < 1.29 is 17.9 Å². The second kappa shape index (κ2) is 7.63. The molecule has 1 aromatic carbocycles. The smallest absolute Gasteiger partial charge is 0.335 e. The molecule has 2 aromatic rings. The molecule has 0 atom stereocenters. The molecule has 0 saturated heterocycles. The summed E-state index contributed by atoms with van der Waals surface area (Å²) in [5, 5.41) is 2.27. The molecule has 2 amide bonds. The predicted octanol–water partition coefficient (Wildman–Crippen LogP) is 1.68. The van der Waals surface area contributed by atoms with Crippen LogP contribution in [0, 0.1) is 18.8 Å². The van der Waals surface area contributed by atoms with Crippen molar-refractivity contribution in [1.82, 2.24) is 14.7 Å². The van der Waals surface area contributed by atoms with E-state index in [1.165, 1.54) is 13.2 Å². The van der Waals surface area contributed by atoms with Crippen LogP contribution in [0.4, 0.5) is 10.7 Å². The van der Waals surface area contributed by atoms with Gasteiger partial charge in [0, 0.05) is 17.3 Å². The van der Waals surface area contributed by atoms with E-state index in [0.29, 0.717) is 11.3 Å². The Hall–Kier alpha value is -3.12. The first-order valence-electron chi connectivity index (χ1n) is 7.11. The van der Waals surface area contributed by atoms with Gasteiger partial charge in [-0.05, 0) is 26.0 Å². The first-order chi connectivity index (χ1) is 11.9. The highest BCUT2D eigenvalue weighted by Gasteiger charge is 2.21. The molecular formula is C16H16N4O4S. The lowest BCUT2D eigenvalue weighted by atomic mass is 10.2. The van der Waals surface area contributed by atoms with Crippen LogP contribution in [0.25, 0.3) is 0 Å². The third-order valence-corrected chi connectivity index (χ3v) is 4.32. The standard InChI is InChI=1S/C16H16N4O4S/c1-4-7-12-8-5-6-9-13(12)25(22,23)20-16(21)19-15-17-11(2)10-14(18-15)24-3/h5-6,8-10H,1-3H3,(H2,17,18,19,20,21). The second-order valence-electron chi connectivity index (χ2n) is 4.81. The molecule has 0 saturated carbocycles. The zero-order valence-electron chi connectivity index (χ0n) is 13.8. The van der Waals surface area contributed by atoms with E-state index in [1.54, 1.807) is 38.1 Å². The van der Waals surface area contributed by atoms with Crippen LogP contribution in [-0.4, -0.2) is 31.5 Å². The van der Waals surface area contributed by atoms with E-state index in [2.05, 4.69) is 27.1 Å². The fraction of sp³-hybridized carbons (Fsp3) is 0.188. The van der Waals surface area contributed by atoms with Crippen LogP contribution in [0.15, 0.2) is 35.2 Å². The molecule has 0 spiro atoms. The van der Waals surface area contributed by atoms with Crippen LogP contribution in [0.5, 0.6) is 5.88 Å². The molecule has 2 N–H and O–H groups in total. The molecule has 0 unspecified atom stereocenters. The maximum absolute atomic E-state index is 12.4. The molecule has 9 heteroatoms. The van der Waals surface area contributed by atoms with Crippen LogP contribution in [0.3, 0.4) is 0 Å². The highest BCUT2D eigenvalue weighted by atomic mass is 32.2. The van der Waals surface area contributed by atoms with Gasteiger partial charge in [-0.2, -0.15) is 4.98 Å². The molecule has 0 aliphatic heterocycles. The summed E-state index contributed by atoms with van der Waals surface area (Å²) in [5.74, 6) is 5.48. The first kappa shape index (κ1) is 18.2. The highest BCUT2D eigenvalue weighted by molar-refractivity contribution is 7.90. The van der Waals surface area contributed by atoms with E-state index in [9.17, 15) is 13.2 Å². The largest absolute Gasteiger partial charge is 0.481 e. The van der Waals surface area contributed by atoms with Crippen LogP contribution in [0.2, 0.25) is 0 Å². The zero-order valence-corrected chi connectivity index (χ0v) is 14.6. The summed E-state index contributed by atoms with van der Waals surface area (Å²) >= 11 is 0. The van der Waals surface area contributed by atoms with Crippen molar-refractivity contribution >= 4 is 22.0 Å². The molecule has 0 aliphatic carbocycles. The van der Waals surface area contributed by atoms with Crippen molar-refractivity contribution in [2.45, 2.75) is 18.7 Å². The number of nitrogens with zero attached hydrogens (tertiary/aromatic N) is 2. The Balaban J connectivity index is 2.22. The number of hydrogen-bond acceptors (Lipinski definition) is 6. The van der Waals surface area contributed by atoms with Crippen molar-refractivity contribution in [2.75, 3.05) is 12.4 Å². The average molecular weight is 360 g/mol. The Bertz CT molecular complexity index is 962. The molecule has 130 valence electrons. The number of nitrogens with one attached hydrogen (secondary N) is 2. The number of urea groups is 1. The molecule has 0 bridgehead atoms. The number of anilines is 1. The van der Waals surface area contributed by atoms with Gasteiger partial charge in [0.15, 0.2) is 0 Å². The SMILES string of the molecule is CC#Cc1ccccc1S(=O)(=O)NC(=O)Nc1nc(C)cc(OC)n1. The summed E-state index contributed by atoms with van der Waals surface area (Å²) in [4.78, 5) is 19.8. The van der Waals surface area contributed by atoms with Crippen LogP contribution < -0.4 is 14.8 Å². The van der Waals surface area contributed by atoms with E-state index >= 15 is 0 Å². The number of amides is 2. The summed E-state index contributed by atoms with van der Waals surface area (Å²) in [5.41, 5.74) is 0.840. The number of carbonyl (C=O) groups excluding carboxylic acids is 1. The normalized spacial score (nSPS) is 10.4. The van der Waals surface area contributed by atoms with E-state index in [0.717, 1.165) is 0 Å². The van der Waals surface area contributed by atoms with Crippen molar-refractivity contribution in [3.8, 4) is 17.7 Å². The van der Waals surface area contributed by atoms with Gasteiger partial charge in [0.1, 0.15) is 4.90 Å². The number of carbonyl (C=O) groups is 1. The number of ether oxygens (including phenoxy) is 1. The fourth-order valence-electron chi connectivity index (χ4n) is 1.94. The minimum Gasteiger partial charge on any atom is -0.481 e. The minimum atomic E-state index is -4.11. The minimum absolute atomic E-state index is 0.0776. The third kappa shape index (κ3) is 4.68.